The highest BCUT2D eigenvalue weighted by atomic mass is 35.5. The lowest BCUT2D eigenvalue weighted by atomic mass is 10.1. The van der Waals surface area contributed by atoms with Crippen LogP contribution in [-0.4, -0.2) is 28.5 Å². The molecule has 20 heavy (non-hydrogen) atoms. The van der Waals surface area contributed by atoms with Gasteiger partial charge in [0.15, 0.2) is 0 Å². The van der Waals surface area contributed by atoms with Crippen molar-refractivity contribution in [2.45, 2.75) is 18.8 Å². The molecule has 2 aromatic rings. The molecule has 0 unspecified atom stereocenters. The van der Waals surface area contributed by atoms with Gasteiger partial charge in [-0.15, -0.1) is 21.8 Å². The number of hydrogen-bond acceptors (Lipinski definition) is 3. The molecule has 0 fully saturated rings. The topological polar surface area (TPSA) is 39.9 Å². The summed E-state index contributed by atoms with van der Waals surface area (Å²) < 4.78 is 33.4. The Kier molecular flexibility index (Phi) is 5.03. The van der Waals surface area contributed by atoms with Crippen molar-refractivity contribution in [3.63, 3.8) is 0 Å². The SMILES string of the molecule is COCCn1c(CCl)nnc1Cc1ccc(F)cc1F. The van der Waals surface area contributed by atoms with E-state index < -0.39 is 11.6 Å². The van der Waals surface area contributed by atoms with Crippen molar-refractivity contribution in [3.8, 4) is 0 Å². The van der Waals surface area contributed by atoms with Gasteiger partial charge in [0.25, 0.3) is 0 Å². The first-order valence-electron chi connectivity index (χ1n) is 6.05. The lowest BCUT2D eigenvalue weighted by molar-refractivity contribution is 0.185. The van der Waals surface area contributed by atoms with E-state index in [-0.39, 0.29) is 12.3 Å². The number of aromatic nitrogens is 3. The molecule has 1 aromatic heterocycles. The Morgan fingerprint density at radius 1 is 1.25 bits per heavy atom. The van der Waals surface area contributed by atoms with Crippen molar-refractivity contribution < 1.29 is 13.5 Å². The predicted molar refractivity (Wildman–Crippen MR) is 70.6 cm³/mol. The maximum Gasteiger partial charge on any atom is 0.148 e. The molecule has 1 aromatic carbocycles. The van der Waals surface area contributed by atoms with Crippen LogP contribution in [0.1, 0.15) is 17.2 Å². The van der Waals surface area contributed by atoms with Gasteiger partial charge < -0.3 is 9.30 Å². The van der Waals surface area contributed by atoms with Crippen molar-refractivity contribution in [1.82, 2.24) is 14.8 Å². The number of methoxy groups -OCH3 is 1. The molecule has 2 rings (SSSR count). The van der Waals surface area contributed by atoms with Crippen LogP contribution in [0.2, 0.25) is 0 Å². The number of benzene rings is 1. The normalized spacial score (nSPS) is 11.0. The summed E-state index contributed by atoms with van der Waals surface area (Å²) in [6, 6.07) is 3.48. The Labute approximate surface area is 120 Å². The summed E-state index contributed by atoms with van der Waals surface area (Å²) in [5.41, 5.74) is 0.360. The molecule has 0 aliphatic heterocycles. The van der Waals surface area contributed by atoms with E-state index in [1.54, 1.807) is 11.7 Å². The number of hydrogen-bond donors (Lipinski definition) is 0. The van der Waals surface area contributed by atoms with Gasteiger partial charge in [-0.2, -0.15) is 0 Å². The lowest BCUT2D eigenvalue weighted by Gasteiger charge is -2.09. The van der Waals surface area contributed by atoms with Crippen LogP contribution < -0.4 is 0 Å². The van der Waals surface area contributed by atoms with Gasteiger partial charge in [-0.3, -0.25) is 0 Å². The Balaban J connectivity index is 2.26. The van der Waals surface area contributed by atoms with Crippen molar-refractivity contribution in [1.29, 1.82) is 0 Å². The van der Waals surface area contributed by atoms with Gasteiger partial charge in [-0.1, -0.05) is 6.07 Å². The molecule has 0 saturated heterocycles. The molecule has 108 valence electrons. The summed E-state index contributed by atoms with van der Waals surface area (Å²) >= 11 is 5.79. The van der Waals surface area contributed by atoms with E-state index in [0.717, 1.165) is 6.07 Å². The molecule has 0 saturated carbocycles. The predicted octanol–water partition coefficient (Wildman–Crippen LogP) is 2.53. The minimum absolute atomic E-state index is 0.211. The maximum atomic E-state index is 13.7. The fourth-order valence-corrected chi connectivity index (χ4v) is 2.08. The molecular formula is C13H14ClF2N3O. The Morgan fingerprint density at radius 3 is 2.65 bits per heavy atom. The Morgan fingerprint density at radius 2 is 2.00 bits per heavy atom. The van der Waals surface area contributed by atoms with Crippen molar-refractivity contribution in [3.05, 3.63) is 47.0 Å². The molecule has 0 atom stereocenters. The fraction of sp³-hybridized carbons (Fsp3) is 0.385. The smallest absolute Gasteiger partial charge is 0.148 e. The van der Waals surface area contributed by atoms with Gasteiger partial charge in [0.05, 0.1) is 12.5 Å². The molecule has 0 radical (unpaired) electrons. The summed E-state index contributed by atoms with van der Waals surface area (Å²) in [7, 11) is 1.59. The van der Waals surface area contributed by atoms with Crippen LogP contribution in [0.3, 0.4) is 0 Å². The molecule has 4 nitrogen and oxygen atoms in total. The Bertz CT molecular complexity index is 589. The van der Waals surface area contributed by atoms with E-state index in [0.29, 0.717) is 30.4 Å². The third kappa shape index (κ3) is 3.32. The average Bonchev–Trinajstić information content (AvgIpc) is 2.81. The van der Waals surface area contributed by atoms with E-state index in [1.165, 1.54) is 12.1 Å². The molecule has 0 aliphatic rings. The van der Waals surface area contributed by atoms with Crippen LogP contribution in [0.15, 0.2) is 18.2 Å². The van der Waals surface area contributed by atoms with Crippen LogP contribution in [0, 0.1) is 11.6 Å². The molecular weight excluding hydrogens is 288 g/mol. The molecule has 7 heteroatoms. The molecule has 0 aliphatic carbocycles. The monoisotopic (exact) mass is 301 g/mol. The van der Waals surface area contributed by atoms with Gasteiger partial charge >= 0.3 is 0 Å². The number of halogens is 3. The number of alkyl halides is 1. The summed E-state index contributed by atoms with van der Waals surface area (Å²) in [6.07, 6.45) is 0.222. The minimum atomic E-state index is -0.603. The van der Waals surface area contributed by atoms with Crippen LogP contribution in [0.4, 0.5) is 8.78 Å². The molecule has 0 N–H and O–H groups in total. The van der Waals surface area contributed by atoms with E-state index in [1.807, 2.05) is 0 Å². The van der Waals surface area contributed by atoms with Crippen molar-refractivity contribution in [2.75, 3.05) is 13.7 Å². The van der Waals surface area contributed by atoms with Gasteiger partial charge in [-0.25, -0.2) is 8.78 Å². The molecule has 0 amide bonds. The average molecular weight is 302 g/mol. The van der Waals surface area contributed by atoms with Crippen LogP contribution in [-0.2, 0) is 23.6 Å². The summed E-state index contributed by atoms with van der Waals surface area (Å²) in [5, 5.41) is 7.97. The van der Waals surface area contributed by atoms with Crippen LogP contribution in [0.25, 0.3) is 0 Å². The molecule has 1 heterocycles. The maximum absolute atomic E-state index is 13.7. The van der Waals surface area contributed by atoms with Gasteiger partial charge in [0, 0.05) is 26.1 Å². The van der Waals surface area contributed by atoms with E-state index in [9.17, 15) is 8.78 Å². The van der Waals surface area contributed by atoms with Gasteiger partial charge in [0.2, 0.25) is 0 Å². The first-order valence-corrected chi connectivity index (χ1v) is 6.59. The highest BCUT2D eigenvalue weighted by Gasteiger charge is 2.14. The van der Waals surface area contributed by atoms with E-state index >= 15 is 0 Å². The zero-order valence-corrected chi connectivity index (χ0v) is 11.7. The quantitative estimate of drug-likeness (QED) is 0.770. The third-order valence-corrected chi connectivity index (χ3v) is 3.15. The largest absolute Gasteiger partial charge is 0.383 e. The number of ether oxygens (including phenoxy) is 1. The van der Waals surface area contributed by atoms with E-state index in [4.69, 9.17) is 16.3 Å². The zero-order valence-electron chi connectivity index (χ0n) is 10.9. The highest BCUT2D eigenvalue weighted by Crippen LogP contribution is 2.15. The second kappa shape index (κ2) is 6.76. The number of rotatable bonds is 6. The summed E-state index contributed by atoms with van der Waals surface area (Å²) in [4.78, 5) is 0. The number of nitrogens with zero attached hydrogens (tertiary/aromatic N) is 3. The van der Waals surface area contributed by atoms with Crippen LogP contribution >= 0.6 is 11.6 Å². The molecule has 0 spiro atoms. The summed E-state index contributed by atoms with van der Waals surface area (Å²) in [6.45, 7) is 1.00. The standard InChI is InChI=1S/C13H14ClF2N3O/c1-20-5-4-19-12(17-18-13(19)8-14)6-9-2-3-10(15)7-11(9)16/h2-3,7H,4-6,8H2,1H3. The molecule has 0 bridgehead atoms. The lowest BCUT2D eigenvalue weighted by Crippen LogP contribution is -2.12. The zero-order chi connectivity index (χ0) is 14.5. The minimum Gasteiger partial charge on any atom is -0.383 e. The van der Waals surface area contributed by atoms with Crippen molar-refractivity contribution >= 4 is 11.6 Å². The van der Waals surface area contributed by atoms with Crippen molar-refractivity contribution in [2.24, 2.45) is 0 Å². The second-order valence-corrected chi connectivity index (χ2v) is 4.49. The first-order chi connectivity index (χ1) is 9.65. The fourth-order valence-electron chi connectivity index (χ4n) is 1.88. The van der Waals surface area contributed by atoms with Crippen LogP contribution in [0.5, 0.6) is 0 Å². The van der Waals surface area contributed by atoms with Gasteiger partial charge in [0.1, 0.15) is 23.3 Å². The Hall–Kier alpha value is -1.53. The van der Waals surface area contributed by atoms with Gasteiger partial charge in [-0.05, 0) is 11.6 Å². The van der Waals surface area contributed by atoms with E-state index in [2.05, 4.69) is 10.2 Å². The highest BCUT2D eigenvalue weighted by molar-refractivity contribution is 6.16. The first kappa shape index (κ1) is 14.9. The second-order valence-electron chi connectivity index (χ2n) is 4.22. The summed E-state index contributed by atoms with van der Waals surface area (Å²) in [5.74, 6) is 0.180. The third-order valence-electron chi connectivity index (χ3n) is 2.91.